The largest absolute Gasteiger partial charge is 0.508 e. The van der Waals surface area contributed by atoms with Crippen molar-refractivity contribution in [1.82, 2.24) is 4.98 Å². The van der Waals surface area contributed by atoms with Crippen molar-refractivity contribution < 1.29 is 28.8 Å². The van der Waals surface area contributed by atoms with Crippen molar-refractivity contribution in [3.8, 4) is 17.2 Å². The summed E-state index contributed by atoms with van der Waals surface area (Å²) in [5, 5.41) is 11.9. The summed E-state index contributed by atoms with van der Waals surface area (Å²) in [5.41, 5.74) is 4.55. The molecule has 0 amide bonds. The summed E-state index contributed by atoms with van der Waals surface area (Å²) in [6, 6.07) is 9.59. The molecule has 0 bridgehead atoms. The Kier molecular flexibility index (Phi) is 5.91. The van der Waals surface area contributed by atoms with Gasteiger partial charge in [0.05, 0.1) is 32.3 Å². The van der Waals surface area contributed by atoms with Crippen LogP contribution in [0.15, 0.2) is 30.3 Å². The number of morpholine rings is 1. The molecule has 34 heavy (non-hydrogen) atoms. The Morgan fingerprint density at radius 2 is 1.82 bits per heavy atom. The third-order valence-corrected chi connectivity index (χ3v) is 6.44. The van der Waals surface area contributed by atoms with Gasteiger partial charge in [0.15, 0.2) is 11.5 Å². The quantitative estimate of drug-likeness (QED) is 0.570. The van der Waals surface area contributed by atoms with Crippen LogP contribution >= 0.6 is 0 Å². The Morgan fingerprint density at radius 1 is 1.09 bits per heavy atom. The summed E-state index contributed by atoms with van der Waals surface area (Å²) < 4.78 is 21.6. The second kappa shape index (κ2) is 9.02. The number of esters is 1. The van der Waals surface area contributed by atoms with Gasteiger partial charge in [0, 0.05) is 41.6 Å². The minimum Gasteiger partial charge on any atom is -0.508 e. The number of aryl methyl sites for hydroxylation is 2. The number of pyridine rings is 1. The van der Waals surface area contributed by atoms with Crippen LogP contribution in [0.5, 0.6) is 17.2 Å². The first-order valence-electron chi connectivity index (χ1n) is 11.4. The first-order valence-corrected chi connectivity index (χ1v) is 11.4. The number of phenolic OH excluding ortho intramolecular Hbond substituents is 1. The number of ether oxygens (including phenoxy) is 4. The van der Waals surface area contributed by atoms with Crippen molar-refractivity contribution in [3.05, 3.63) is 52.6 Å². The molecule has 0 aliphatic carbocycles. The number of phenols is 1. The van der Waals surface area contributed by atoms with Crippen molar-refractivity contribution in [2.24, 2.45) is 0 Å². The molecule has 0 radical (unpaired) electrons. The monoisotopic (exact) mass is 464 g/mol. The van der Waals surface area contributed by atoms with E-state index in [0.717, 1.165) is 33.4 Å². The predicted octanol–water partition coefficient (Wildman–Crippen LogP) is 3.82. The first kappa shape index (κ1) is 22.3. The number of nitrogens with zero attached hydrogens (tertiary/aromatic N) is 2. The number of benzene rings is 2. The molecule has 2 aromatic carbocycles. The smallest absolute Gasteiger partial charge is 0.306 e. The Hall–Kier alpha value is -3.52. The van der Waals surface area contributed by atoms with Gasteiger partial charge in [0.1, 0.15) is 11.6 Å². The lowest BCUT2D eigenvalue weighted by molar-refractivity contribution is -0.140. The number of aromatic hydroxyl groups is 1. The lowest BCUT2D eigenvalue weighted by Crippen LogP contribution is -2.37. The van der Waals surface area contributed by atoms with Crippen molar-refractivity contribution in [1.29, 1.82) is 0 Å². The molecule has 178 valence electrons. The summed E-state index contributed by atoms with van der Waals surface area (Å²) in [7, 11) is 1.37. The van der Waals surface area contributed by atoms with Crippen molar-refractivity contribution in [2.45, 2.75) is 26.2 Å². The Labute approximate surface area is 198 Å². The number of anilines is 1. The van der Waals surface area contributed by atoms with Gasteiger partial charge >= 0.3 is 5.97 Å². The van der Waals surface area contributed by atoms with Gasteiger partial charge in [-0.2, -0.15) is 0 Å². The molecule has 0 spiro atoms. The standard InChI is InChI=1S/C26H28N2O6/c1-15-8-16(2)25-17(9-15)10-20(26(27-25)28-4-6-32-7-5-28)18(12-24(30)31-3)19-11-22-23(13-21(19)29)34-14-33-22/h8-11,13,18,29H,4-7,12,14H2,1-3H3. The highest BCUT2D eigenvalue weighted by Gasteiger charge is 2.30. The summed E-state index contributed by atoms with van der Waals surface area (Å²) in [6.07, 6.45) is 0.0407. The number of fused-ring (bicyclic) bond motifs is 2. The van der Waals surface area contributed by atoms with Crippen molar-refractivity contribution in [3.63, 3.8) is 0 Å². The zero-order chi connectivity index (χ0) is 23.8. The molecule has 5 rings (SSSR count). The molecule has 8 nitrogen and oxygen atoms in total. The second-order valence-corrected chi connectivity index (χ2v) is 8.75. The molecule has 1 fully saturated rings. The molecule has 1 N–H and O–H groups in total. The van der Waals surface area contributed by atoms with E-state index in [9.17, 15) is 9.90 Å². The van der Waals surface area contributed by atoms with Crippen LogP contribution in [-0.4, -0.2) is 56.3 Å². The molecule has 1 atom stereocenters. The predicted molar refractivity (Wildman–Crippen MR) is 127 cm³/mol. The van der Waals surface area contributed by atoms with Gasteiger partial charge < -0.3 is 29.0 Å². The molecular formula is C26H28N2O6. The van der Waals surface area contributed by atoms with Gasteiger partial charge in [0.25, 0.3) is 0 Å². The van der Waals surface area contributed by atoms with Crippen LogP contribution < -0.4 is 14.4 Å². The number of hydrogen-bond donors (Lipinski definition) is 1. The average Bonchev–Trinajstić information content (AvgIpc) is 3.29. The number of aromatic nitrogens is 1. The molecule has 3 heterocycles. The maximum atomic E-state index is 12.6. The molecule has 0 saturated carbocycles. The Bertz CT molecular complexity index is 1250. The van der Waals surface area contributed by atoms with E-state index in [0.29, 0.717) is 43.4 Å². The second-order valence-electron chi connectivity index (χ2n) is 8.75. The number of hydrogen-bond acceptors (Lipinski definition) is 8. The third-order valence-electron chi connectivity index (χ3n) is 6.44. The number of methoxy groups -OCH3 is 1. The molecule has 3 aromatic rings. The number of rotatable bonds is 5. The zero-order valence-corrected chi connectivity index (χ0v) is 19.6. The van der Waals surface area contributed by atoms with Crippen LogP contribution in [0.4, 0.5) is 5.82 Å². The molecule has 2 aliphatic heterocycles. The summed E-state index contributed by atoms with van der Waals surface area (Å²) >= 11 is 0. The van der Waals surface area contributed by atoms with E-state index in [-0.39, 0.29) is 24.9 Å². The van der Waals surface area contributed by atoms with Crippen LogP contribution in [0.2, 0.25) is 0 Å². The molecule has 1 unspecified atom stereocenters. The fraction of sp³-hybridized carbons (Fsp3) is 0.385. The minimum absolute atomic E-state index is 0.0339. The van der Waals surface area contributed by atoms with Gasteiger partial charge in [-0.05, 0) is 37.6 Å². The van der Waals surface area contributed by atoms with E-state index < -0.39 is 5.92 Å². The molecule has 8 heteroatoms. The number of carbonyl (C=O) groups excluding carboxylic acids is 1. The van der Waals surface area contributed by atoms with Gasteiger partial charge in [-0.1, -0.05) is 11.6 Å². The molecule has 1 saturated heterocycles. The van der Waals surface area contributed by atoms with E-state index in [4.69, 9.17) is 23.9 Å². The Balaban J connectivity index is 1.74. The average molecular weight is 465 g/mol. The first-order chi connectivity index (χ1) is 16.4. The lowest BCUT2D eigenvalue weighted by Gasteiger charge is -2.32. The molecular weight excluding hydrogens is 436 g/mol. The van der Waals surface area contributed by atoms with Crippen molar-refractivity contribution in [2.75, 3.05) is 45.1 Å². The van der Waals surface area contributed by atoms with Gasteiger partial charge in [-0.15, -0.1) is 0 Å². The van der Waals surface area contributed by atoms with Gasteiger partial charge in [0.2, 0.25) is 6.79 Å². The van der Waals surface area contributed by atoms with E-state index in [1.165, 1.54) is 7.11 Å². The minimum atomic E-state index is -0.502. The SMILES string of the molecule is COC(=O)CC(c1cc2c(cc1O)OCO2)c1cc2cc(C)cc(C)c2nc1N1CCOCC1. The lowest BCUT2D eigenvalue weighted by atomic mass is 9.86. The van der Waals surface area contributed by atoms with Crippen LogP contribution in [-0.2, 0) is 14.3 Å². The molecule has 2 aliphatic rings. The highest BCUT2D eigenvalue weighted by molar-refractivity contribution is 5.86. The maximum absolute atomic E-state index is 12.6. The Morgan fingerprint density at radius 3 is 2.56 bits per heavy atom. The normalized spacial score (nSPS) is 16.0. The number of carbonyl (C=O) groups is 1. The van der Waals surface area contributed by atoms with E-state index in [1.54, 1.807) is 12.1 Å². The highest BCUT2D eigenvalue weighted by Crippen LogP contribution is 2.45. The van der Waals surface area contributed by atoms with Gasteiger partial charge in [-0.3, -0.25) is 4.79 Å². The summed E-state index contributed by atoms with van der Waals surface area (Å²) in [5.74, 6) is 0.957. The topological polar surface area (TPSA) is 90.4 Å². The van der Waals surface area contributed by atoms with Gasteiger partial charge in [-0.25, -0.2) is 4.98 Å². The van der Waals surface area contributed by atoms with Crippen molar-refractivity contribution >= 4 is 22.7 Å². The van der Waals surface area contributed by atoms with Crippen LogP contribution in [0.3, 0.4) is 0 Å². The molecule has 1 aromatic heterocycles. The van der Waals surface area contributed by atoms with Crippen LogP contribution in [0, 0.1) is 13.8 Å². The van der Waals surface area contributed by atoms with E-state index in [1.807, 2.05) is 0 Å². The van der Waals surface area contributed by atoms with Crippen LogP contribution in [0.25, 0.3) is 10.9 Å². The fourth-order valence-electron chi connectivity index (χ4n) is 4.81. The maximum Gasteiger partial charge on any atom is 0.306 e. The van der Waals surface area contributed by atoms with Crippen LogP contribution in [0.1, 0.15) is 34.6 Å². The highest BCUT2D eigenvalue weighted by atomic mass is 16.7. The summed E-state index contributed by atoms with van der Waals surface area (Å²) in [4.78, 5) is 19.8. The third kappa shape index (κ3) is 4.09. The summed E-state index contributed by atoms with van der Waals surface area (Å²) in [6.45, 7) is 6.78. The fourth-order valence-corrected chi connectivity index (χ4v) is 4.81. The van der Waals surface area contributed by atoms with E-state index >= 15 is 0 Å². The zero-order valence-electron chi connectivity index (χ0n) is 19.6. The van der Waals surface area contributed by atoms with E-state index in [2.05, 4.69) is 36.9 Å².